The molecule has 2 aromatic carbocycles. The fourth-order valence-electron chi connectivity index (χ4n) is 2.33. The summed E-state index contributed by atoms with van der Waals surface area (Å²) in [6, 6.07) is 13.8. The van der Waals surface area contributed by atoms with E-state index in [0.29, 0.717) is 21.8 Å². The maximum absolute atomic E-state index is 12.9. The number of halogens is 1. The highest BCUT2D eigenvalue weighted by atomic mass is 35.5. The molecule has 0 spiro atoms. The van der Waals surface area contributed by atoms with Gasteiger partial charge in [0.25, 0.3) is 0 Å². The normalized spacial score (nSPS) is 10.9. The van der Waals surface area contributed by atoms with Crippen molar-refractivity contribution in [3.63, 3.8) is 0 Å². The number of nitrogens with one attached hydrogen (secondary N) is 1. The second-order valence-corrected chi connectivity index (χ2v) is 6.87. The number of hydrogen-bond acceptors (Lipinski definition) is 3. The molecule has 1 amide bonds. The molecule has 0 heterocycles. The Bertz CT molecular complexity index is 854. The van der Waals surface area contributed by atoms with Gasteiger partial charge in [-0.15, -0.1) is 6.42 Å². The molecule has 0 aliphatic carbocycles. The number of nitrogens with zero attached hydrogens (tertiary/aromatic N) is 1. The van der Waals surface area contributed by atoms with Gasteiger partial charge in [-0.25, -0.2) is 0 Å². The summed E-state index contributed by atoms with van der Waals surface area (Å²) in [5.41, 5.74) is 0.798. The molecule has 2 rings (SSSR count). The number of benzene rings is 2. The van der Waals surface area contributed by atoms with Gasteiger partial charge in [0.2, 0.25) is 5.91 Å². The fourth-order valence-corrected chi connectivity index (χ4v) is 2.50. The summed E-state index contributed by atoms with van der Waals surface area (Å²) < 4.78 is 0. The molecule has 1 N–H and O–H groups in total. The number of terminal acetylenes is 1. The SMILES string of the molecule is C#CC(C)(C)NCC(=O)N(C)c1ccc(Cl)cc1C(=O)c1ccccc1. The molecule has 0 atom stereocenters. The fraction of sp³-hybridized carbons (Fsp3) is 0.238. The van der Waals surface area contributed by atoms with Crippen molar-refractivity contribution in [2.45, 2.75) is 19.4 Å². The van der Waals surface area contributed by atoms with Crippen molar-refractivity contribution in [2.24, 2.45) is 0 Å². The van der Waals surface area contributed by atoms with E-state index in [9.17, 15) is 9.59 Å². The van der Waals surface area contributed by atoms with Crippen LogP contribution in [0.2, 0.25) is 5.02 Å². The van der Waals surface area contributed by atoms with E-state index in [1.807, 2.05) is 19.9 Å². The van der Waals surface area contributed by atoms with Gasteiger partial charge < -0.3 is 4.90 Å². The molecule has 4 nitrogen and oxygen atoms in total. The van der Waals surface area contributed by atoms with Gasteiger partial charge in [-0.3, -0.25) is 14.9 Å². The summed E-state index contributed by atoms with van der Waals surface area (Å²) in [7, 11) is 1.62. The predicted molar refractivity (Wildman–Crippen MR) is 106 cm³/mol. The number of likely N-dealkylation sites (N-methyl/N-ethyl adjacent to an activating group) is 1. The Morgan fingerprint density at radius 3 is 2.46 bits per heavy atom. The first-order chi connectivity index (χ1) is 12.2. The molecule has 0 saturated carbocycles. The van der Waals surface area contributed by atoms with Crippen LogP contribution in [0.25, 0.3) is 0 Å². The maximum Gasteiger partial charge on any atom is 0.240 e. The Hall–Kier alpha value is -2.61. The largest absolute Gasteiger partial charge is 0.314 e. The molecular formula is C21H21ClN2O2. The van der Waals surface area contributed by atoms with E-state index in [1.165, 1.54) is 4.90 Å². The summed E-state index contributed by atoms with van der Waals surface area (Å²) in [5, 5.41) is 3.44. The van der Waals surface area contributed by atoms with Crippen molar-refractivity contribution in [1.82, 2.24) is 5.32 Å². The van der Waals surface area contributed by atoms with Gasteiger partial charge in [0.05, 0.1) is 17.8 Å². The smallest absolute Gasteiger partial charge is 0.240 e. The number of carbonyl (C=O) groups excluding carboxylic acids is 2. The van der Waals surface area contributed by atoms with Crippen LogP contribution >= 0.6 is 11.6 Å². The Kier molecular flexibility index (Phi) is 6.20. The third-order valence-electron chi connectivity index (χ3n) is 4.02. The number of ketones is 1. The maximum atomic E-state index is 12.9. The lowest BCUT2D eigenvalue weighted by atomic mass is 10.0. The summed E-state index contributed by atoms with van der Waals surface area (Å²) in [5.74, 6) is 2.18. The minimum Gasteiger partial charge on any atom is -0.314 e. The Balaban J connectivity index is 2.30. The zero-order valence-corrected chi connectivity index (χ0v) is 15.8. The van der Waals surface area contributed by atoms with Gasteiger partial charge in [-0.2, -0.15) is 0 Å². The van der Waals surface area contributed by atoms with Crippen LogP contribution < -0.4 is 10.2 Å². The molecule has 0 aliphatic rings. The molecule has 0 saturated heterocycles. The van der Waals surface area contributed by atoms with Crippen molar-refractivity contribution in [3.05, 3.63) is 64.7 Å². The average Bonchev–Trinajstić information content (AvgIpc) is 2.65. The van der Waals surface area contributed by atoms with Crippen LogP contribution in [-0.2, 0) is 4.79 Å². The van der Waals surface area contributed by atoms with Crippen molar-refractivity contribution in [3.8, 4) is 12.3 Å². The van der Waals surface area contributed by atoms with E-state index in [4.69, 9.17) is 18.0 Å². The van der Waals surface area contributed by atoms with Gasteiger partial charge in [0.1, 0.15) is 0 Å². The van der Waals surface area contributed by atoms with Crippen molar-refractivity contribution in [2.75, 3.05) is 18.5 Å². The first-order valence-corrected chi connectivity index (χ1v) is 8.51. The predicted octanol–water partition coefficient (Wildman–Crippen LogP) is 3.54. The number of anilines is 1. The number of hydrogen-bond donors (Lipinski definition) is 1. The van der Waals surface area contributed by atoms with Crippen LogP contribution in [-0.4, -0.2) is 30.8 Å². The molecule has 0 radical (unpaired) electrons. The van der Waals surface area contributed by atoms with Gasteiger partial charge in [-0.1, -0.05) is 47.9 Å². The summed E-state index contributed by atoms with van der Waals surface area (Å²) >= 11 is 6.08. The summed E-state index contributed by atoms with van der Waals surface area (Å²) in [6.07, 6.45) is 5.43. The minimum atomic E-state index is -0.598. The van der Waals surface area contributed by atoms with Crippen molar-refractivity contribution < 1.29 is 9.59 Å². The molecule has 0 aliphatic heterocycles. The van der Waals surface area contributed by atoms with Gasteiger partial charge >= 0.3 is 0 Å². The van der Waals surface area contributed by atoms with Crippen LogP contribution in [0, 0.1) is 12.3 Å². The van der Waals surface area contributed by atoms with E-state index >= 15 is 0 Å². The van der Waals surface area contributed by atoms with E-state index < -0.39 is 5.54 Å². The molecule has 0 unspecified atom stereocenters. The molecular weight excluding hydrogens is 348 g/mol. The van der Waals surface area contributed by atoms with E-state index in [-0.39, 0.29) is 18.2 Å². The van der Waals surface area contributed by atoms with Crippen molar-refractivity contribution in [1.29, 1.82) is 0 Å². The third kappa shape index (κ3) is 4.72. The zero-order chi connectivity index (χ0) is 19.3. The van der Waals surface area contributed by atoms with Gasteiger partial charge in [-0.05, 0) is 32.0 Å². The monoisotopic (exact) mass is 368 g/mol. The minimum absolute atomic E-state index is 0.0509. The second kappa shape index (κ2) is 8.18. The van der Waals surface area contributed by atoms with Gasteiger partial charge in [0, 0.05) is 23.2 Å². The van der Waals surface area contributed by atoms with E-state index in [0.717, 1.165) is 0 Å². The molecule has 2 aromatic rings. The van der Waals surface area contributed by atoms with Crippen LogP contribution in [0.3, 0.4) is 0 Å². The molecule has 134 valence electrons. The number of rotatable bonds is 6. The van der Waals surface area contributed by atoms with E-state index in [2.05, 4.69) is 11.2 Å². The quantitative estimate of drug-likeness (QED) is 0.626. The van der Waals surface area contributed by atoms with Crippen LogP contribution in [0.15, 0.2) is 48.5 Å². The average molecular weight is 369 g/mol. The molecule has 0 fully saturated rings. The van der Waals surface area contributed by atoms with Crippen molar-refractivity contribution >= 4 is 29.0 Å². The molecule has 26 heavy (non-hydrogen) atoms. The first-order valence-electron chi connectivity index (χ1n) is 8.14. The third-order valence-corrected chi connectivity index (χ3v) is 4.25. The van der Waals surface area contributed by atoms with Crippen LogP contribution in [0.5, 0.6) is 0 Å². The lowest BCUT2D eigenvalue weighted by Gasteiger charge is -2.24. The highest BCUT2D eigenvalue weighted by Crippen LogP contribution is 2.26. The Labute approximate surface area is 159 Å². The lowest BCUT2D eigenvalue weighted by molar-refractivity contribution is -0.117. The van der Waals surface area contributed by atoms with Crippen LogP contribution in [0.4, 0.5) is 5.69 Å². The van der Waals surface area contributed by atoms with Crippen LogP contribution in [0.1, 0.15) is 29.8 Å². The molecule has 5 heteroatoms. The standard InChI is InChI=1S/C21H21ClN2O2/c1-5-21(2,3)23-14-19(25)24(4)18-12-11-16(22)13-17(18)20(26)15-9-7-6-8-10-15/h1,6-13,23H,14H2,2-4H3. The number of carbonyl (C=O) groups is 2. The topological polar surface area (TPSA) is 49.4 Å². The lowest BCUT2D eigenvalue weighted by Crippen LogP contribution is -2.45. The second-order valence-electron chi connectivity index (χ2n) is 6.43. The number of amides is 1. The zero-order valence-electron chi connectivity index (χ0n) is 15.0. The molecule has 0 bridgehead atoms. The van der Waals surface area contributed by atoms with Gasteiger partial charge in [0.15, 0.2) is 5.78 Å². The highest BCUT2D eigenvalue weighted by Gasteiger charge is 2.22. The first kappa shape index (κ1) is 19.7. The molecule has 0 aromatic heterocycles. The highest BCUT2D eigenvalue weighted by molar-refractivity contribution is 6.31. The summed E-state index contributed by atoms with van der Waals surface area (Å²) in [4.78, 5) is 26.9. The van der Waals surface area contributed by atoms with E-state index in [1.54, 1.807) is 49.5 Å². The Morgan fingerprint density at radius 2 is 1.85 bits per heavy atom. The Morgan fingerprint density at radius 1 is 1.19 bits per heavy atom. The summed E-state index contributed by atoms with van der Waals surface area (Å²) in [6.45, 7) is 3.68.